The van der Waals surface area contributed by atoms with Crippen LogP contribution in [-0.2, 0) is 16.6 Å². The number of aromatic nitrogens is 7. The first kappa shape index (κ1) is 28.4. The Kier molecular flexibility index (Phi) is 7.07. The Morgan fingerprint density at radius 1 is 1.09 bits per heavy atom. The standard InChI is InChI=1S/C33H38N8O3/c1-18-26(19(2)41(39-18)22-12-15-43-16-13-22)28-36-27-24(11-14-34-29(27)37-28)21-9-10-23-20(17-21)7-6-8-25(23)35-30(42)31-38-32(40-44-31)33(3,4)5/h9-11,14,17,22,25H,6-8,12-13,15-16H2,1-5H3,(H,35,42)(H,34,36,37). The van der Waals surface area contributed by atoms with Gasteiger partial charge in [0.05, 0.1) is 28.9 Å². The minimum Gasteiger partial charge on any atom is -0.381 e. The summed E-state index contributed by atoms with van der Waals surface area (Å²) in [6.07, 6.45) is 6.50. The minimum absolute atomic E-state index is 0.00308. The van der Waals surface area contributed by atoms with E-state index in [9.17, 15) is 4.79 Å². The third kappa shape index (κ3) is 5.08. The van der Waals surface area contributed by atoms with Crippen molar-refractivity contribution < 1.29 is 14.1 Å². The van der Waals surface area contributed by atoms with Gasteiger partial charge in [-0.3, -0.25) is 9.48 Å². The van der Waals surface area contributed by atoms with E-state index in [0.29, 0.717) is 17.5 Å². The summed E-state index contributed by atoms with van der Waals surface area (Å²) in [5.74, 6) is 0.947. The Balaban J connectivity index is 1.17. The van der Waals surface area contributed by atoms with E-state index in [-0.39, 0.29) is 23.3 Å². The predicted octanol–water partition coefficient (Wildman–Crippen LogP) is 5.94. The van der Waals surface area contributed by atoms with Crippen LogP contribution in [0.25, 0.3) is 33.7 Å². The Bertz CT molecular complexity index is 1850. The zero-order chi connectivity index (χ0) is 30.6. The van der Waals surface area contributed by atoms with Gasteiger partial charge in [-0.2, -0.15) is 10.1 Å². The number of H-pyrrole nitrogens is 1. The molecule has 44 heavy (non-hydrogen) atoms. The molecular weight excluding hydrogens is 556 g/mol. The Morgan fingerprint density at radius 2 is 1.91 bits per heavy atom. The molecule has 11 nitrogen and oxygen atoms in total. The van der Waals surface area contributed by atoms with Gasteiger partial charge in [-0.15, -0.1) is 0 Å². The maximum Gasteiger partial charge on any atom is 0.315 e. The van der Waals surface area contributed by atoms with Crippen molar-refractivity contribution in [2.24, 2.45) is 0 Å². The fourth-order valence-electron chi connectivity index (χ4n) is 6.53. The van der Waals surface area contributed by atoms with Gasteiger partial charge < -0.3 is 19.6 Å². The van der Waals surface area contributed by atoms with Crippen LogP contribution in [0.5, 0.6) is 0 Å². The zero-order valence-electron chi connectivity index (χ0n) is 25.9. The van der Waals surface area contributed by atoms with E-state index in [4.69, 9.17) is 19.3 Å². The summed E-state index contributed by atoms with van der Waals surface area (Å²) in [5.41, 5.74) is 8.80. The quantitative estimate of drug-likeness (QED) is 0.255. The number of nitrogens with one attached hydrogen (secondary N) is 2. The summed E-state index contributed by atoms with van der Waals surface area (Å²) < 4.78 is 13.0. The number of ether oxygens (including phenoxy) is 1. The van der Waals surface area contributed by atoms with Crippen molar-refractivity contribution in [2.45, 2.75) is 84.2 Å². The molecule has 5 aromatic rings. The van der Waals surface area contributed by atoms with Gasteiger partial charge in [0.2, 0.25) is 0 Å². The van der Waals surface area contributed by atoms with Crippen molar-refractivity contribution in [3.8, 4) is 22.5 Å². The number of fused-ring (bicyclic) bond motifs is 2. The number of nitrogens with zero attached hydrogens (tertiary/aromatic N) is 6. The normalized spacial score (nSPS) is 17.6. The molecule has 1 aliphatic heterocycles. The largest absolute Gasteiger partial charge is 0.381 e. The third-order valence-corrected chi connectivity index (χ3v) is 8.86. The van der Waals surface area contributed by atoms with Crippen molar-refractivity contribution >= 4 is 17.1 Å². The molecule has 1 saturated heterocycles. The molecule has 2 N–H and O–H groups in total. The summed E-state index contributed by atoms with van der Waals surface area (Å²) >= 11 is 0. The number of hydrogen-bond donors (Lipinski definition) is 2. The Hall–Kier alpha value is -4.38. The molecule has 1 aromatic carbocycles. The summed E-state index contributed by atoms with van der Waals surface area (Å²) in [6, 6.07) is 8.71. The topological polar surface area (TPSA) is 137 Å². The Morgan fingerprint density at radius 3 is 2.68 bits per heavy atom. The molecule has 1 aliphatic carbocycles. The second kappa shape index (κ2) is 11.0. The molecule has 4 aromatic heterocycles. The van der Waals surface area contributed by atoms with Gasteiger partial charge in [-0.1, -0.05) is 44.1 Å². The summed E-state index contributed by atoms with van der Waals surface area (Å²) in [5, 5.41) is 12.0. The van der Waals surface area contributed by atoms with Crippen molar-refractivity contribution in [1.29, 1.82) is 0 Å². The third-order valence-electron chi connectivity index (χ3n) is 8.86. The van der Waals surface area contributed by atoms with E-state index in [0.717, 1.165) is 90.3 Å². The lowest BCUT2D eigenvalue weighted by Crippen LogP contribution is -2.31. The molecule has 5 heterocycles. The number of imidazole rings is 1. The number of pyridine rings is 1. The number of aromatic amines is 1. The van der Waals surface area contributed by atoms with Gasteiger partial charge in [0.25, 0.3) is 0 Å². The van der Waals surface area contributed by atoms with Crippen LogP contribution in [0.15, 0.2) is 35.0 Å². The lowest BCUT2D eigenvalue weighted by atomic mass is 9.85. The second-order valence-corrected chi connectivity index (χ2v) is 13.0. The summed E-state index contributed by atoms with van der Waals surface area (Å²) in [6.45, 7) is 11.6. The molecule has 0 spiro atoms. The molecule has 1 amide bonds. The van der Waals surface area contributed by atoms with Crippen LogP contribution >= 0.6 is 0 Å². The van der Waals surface area contributed by atoms with Gasteiger partial charge in [-0.05, 0) is 68.7 Å². The smallest absolute Gasteiger partial charge is 0.315 e. The maximum absolute atomic E-state index is 13.0. The molecule has 1 fully saturated rings. The Labute approximate surface area is 255 Å². The fraction of sp³-hybridized carbons (Fsp3) is 0.455. The van der Waals surface area contributed by atoms with Crippen LogP contribution < -0.4 is 5.32 Å². The van der Waals surface area contributed by atoms with E-state index < -0.39 is 0 Å². The minimum atomic E-state index is -0.346. The van der Waals surface area contributed by atoms with Crippen molar-refractivity contribution in [3.63, 3.8) is 0 Å². The molecule has 1 atom stereocenters. The van der Waals surface area contributed by atoms with Crippen molar-refractivity contribution in [3.05, 3.63) is 64.7 Å². The van der Waals surface area contributed by atoms with Crippen LogP contribution in [0.4, 0.5) is 0 Å². The zero-order valence-corrected chi connectivity index (χ0v) is 25.9. The highest BCUT2D eigenvalue weighted by Crippen LogP contribution is 2.36. The molecule has 2 aliphatic rings. The van der Waals surface area contributed by atoms with Crippen LogP contribution in [0.1, 0.15) is 97.6 Å². The number of rotatable bonds is 5. The SMILES string of the molecule is Cc1nn(C2CCOCC2)c(C)c1-c1nc2nccc(-c3ccc4c(c3)CCCC4NC(=O)c3nc(C(C)(C)C)no3)c2[nH]1. The number of carbonyl (C=O) groups is 1. The average Bonchev–Trinajstić information content (AvgIpc) is 3.74. The van der Waals surface area contributed by atoms with Gasteiger partial charge in [0.15, 0.2) is 11.5 Å². The molecule has 0 radical (unpaired) electrons. The van der Waals surface area contributed by atoms with Crippen LogP contribution in [0.2, 0.25) is 0 Å². The fourth-order valence-corrected chi connectivity index (χ4v) is 6.53. The first-order valence-electron chi connectivity index (χ1n) is 15.4. The number of benzene rings is 1. The lowest BCUT2D eigenvalue weighted by Gasteiger charge is -2.26. The van der Waals surface area contributed by atoms with Gasteiger partial charge in [0.1, 0.15) is 5.82 Å². The maximum atomic E-state index is 13.0. The highest BCUT2D eigenvalue weighted by molar-refractivity contribution is 5.92. The van der Waals surface area contributed by atoms with Crippen molar-refractivity contribution in [2.75, 3.05) is 13.2 Å². The van der Waals surface area contributed by atoms with Crippen LogP contribution in [0.3, 0.4) is 0 Å². The number of carbonyl (C=O) groups excluding carboxylic acids is 1. The number of aryl methyl sites for hydroxylation is 2. The van der Waals surface area contributed by atoms with Crippen LogP contribution in [0, 0.1) is 13.8 Å². The predicted molar refractivity (Wildman–Crippen MR) is 165 cm³/mol. The van der Waals surface area contributed by atoms with E-state index in [2.05, 4.69) is 55.2 Å². The van der Waals surface area contributed by atoms with E-state index in [1.807, 2.05) is 40.0 Å². The van der Waals surface area contributed by atoms with Gasteiger partial charge in [0, 0.05) is 36.1 Å². The highest BCUT2D eigenvalue weighted by Gasteiger charge is 2.28. The summed E-state index contributed by atoms with van der Waals surface area (Å²) in [4.78, 5) is 30.4. The van der Waals surface area contributed by atoms with Crippen LogP contribution in [-0.4, -0.2) is 54.0 Å². The number of amides is 1. The lowest BCUT2D eigenvalue weighted by molar-refractivity contribution is 0.0656. The molecular formula is C33H38N8O3. The molecule has 11 heteroatoms. The monoisotopic (exact) mass is 594 g/mol. The second-order valence-electron chi connectivity index (χ2n) is 13.0. The molecule has 1 unspecified atom stereocenters. The van der Waals surface area contributed by atoms with Crippen molar-refractivity contribution in [1.82, 2.24) is 40.2 Å². The van der Waals surface area contributed by atoms with E-state index in [1.54, 1.807) is 0 Å². The highest BCUT2D eigenvalue weighted by atomic mass is 16.5. The first-order valence-corrected chi connectivity index (χ1v) is 15.4. The molecule has 228 valence electrons. The van der Waals surface area contributed by atoms with Gasteiger partial charge in [-0.25, -0.2) is 9.97 Å². The summed E-state index contributed by atoms with van der Waals surface area (Å²) in [7, 11) is 0. The van der Waals surface area contributed by atoms with E-state index in [1.165, 1.54) is 5.56 Å². The van der Waals surface area contributed by atoms with Gasteiger partial charge >= 0.3 is 11.8 Å². The molecule has 0 bridgehead atoms. The number of hydrogen-bond acceptors (Lipinski definition) is 8. The molecule has 7 rings (SSSR count). The van der Waals surface area contributed by atoms with E-state index >= 15 is 0 Å². The molecule has 0 saturated carbocycles. The first-order chi connectivity index (χ1) is 21.2. The average molecular weight is 595 g/mol.